The van der Waals surface area contributed by atoms with E-state index in [4.69, 9.17) is 4.74 Å². The van der Waals surface area contributed by atoms with Gasteiger partial charge in [-0.15, -0.1) is 0 Å². The molecule has 0 aliphatic carbocycles. The predicted octanol–water partition coefficient (Wildman–Crippen LogP) is 2.71. The monoisotopic (exact) mass is 450 g/mol. The molecule has 0 unspecified atom stereocenters. The van der Waals surface area contributed by atoms with E-state index in [0.717, 1.165) is 24.5 Å². The molecule has 12 heteroatoms. The molecular formula is C19H20F2N6O3S. The summed E-state index contributed by atoms with van der Waals surface area (Å²) in [7, 11) is 0. The molecule has 164 valence electrons. The highest BCUT2D eigenvalue weighted by atomic mass is 32.1. The molecule has 4 heterocycles. The molecule has 3 aromatic rings. The summed E-state index contributed by atoms with van der Waals surface area (Å²) in [5, 5.41) is 10.9. The average Bonchev–Trinajstić information content (AvgIpc) is 3.34. The van der Waals surface area contributed by atoms with Gasteiger partial charge in [0.15, 0.2) is 11.6 Å². The van der Waals surface area contributed by atoms with Crippen LogP contribution in [0.15, 0.2) is 30.6 Å². The maximum absolute atomic E-state index is 13.6. The molecule has 0 amide bonds. The number of aromatic nitrogens is 4. The number of halogens is 2. The first kappa shape index (κ1) is 21.2. The SMILES string of the molecule is C[C@]1(CN2CCn3cc(-c4ccc(F)c(F)c4)nc3C2)Cn2cc([N+](=O)[O-])nc2O1.S. The third-order valence-electron chi connectivity index (χ3n) is 5.41. The molecule has 2 aromatic heterocycles. The van der Waals surface area contributed by atoms with E-state index in [1.807, 2.05) is 17.7 Å². The summed E-state index contributed by atoms with van der Waals surface area (Å²) in [5.41, 5.74) is 0.566. The summed E-state index contributed by atoms with van der Waals surface area (Å²) in [4.78, 5) is 21.0. The second-order valence-electron chi connectivity index (χ2n) is 7.89. The minimum atomic E-state index is -0.899. The second-order valence-corrected chi connectivity index (χ2v) is 7.89. The summed E-state index contributed by atoms with van der Waals surface area (Å²) >= 11 is 0. The summed E-state index contributed by atoms with van der Waals surface area (Å²) < 4.78 is 36.3. The summed E-state index contributed by atoms with van der Waals surface area (Å²) in [6, 6.07) is 4.01. The van der Waals surface area contributed by atoms with Crippen molar-refractivity contribution in [3.05, 3.63) is 58.2 Å². The van der Waals surface area contributed by atoms with Crippen molar-refractivity contribution in [1.82, 2.24) is 24.0 Å². The highest BCUT2D eigenvalue weighted by Gasteiger charge is 2.42. The Kier molecular flexibility index (Phi) is 5.21. The number of nitrogens with zero attached hydrogens (tertiary/aromatic N) is 6. The molecule has 1 aromatic carbocycles. The van der Waals surface area contributed by atoms with Gasteiger partial charge in [0.05, 0.1) is 18.8 Å². The van der Waals surface area contributed by atoms with E-state index in [2.05, 4.69) is 14.9 Å². The van der Waals surface area contributed by atoms with Gasteiger partial charge >= 0.3 is 11.8 Å². The van der Waals surface area contributed by atoms with E-state index in [9.17, 15) is 18.9 Å². The first-order chi connectivity index (χ1) is 14.3. The minimum Gasteiger partial charge on any atom is -0.436 e. The van der Waals surface area contributed by atoms with Crippen LogP contribution in [0, 0.1) is 21.7 Å². The lowest BCUT2D eigenvalue weighted by atomic mass is 10.1. The lowest BCUT2D eigenvalue weighted by Crippen LogP contribution is -2.47. The van der Waals surface area contributed by atoms with E-state index >= 15 is 0 Å². The van der Waals surface area contributed by atoms with Crippen LogP contribution < -0.4 is 4.74 Å². The van der Waals surface area contributed by atoms with Crippen molar-refractivity contribution in [2.24, 2.45) is 0 Å². The maximum Gasteiger partial charge on any atom is 0.415 e. The van der Waals surface area contributed by atoms with Crippen molar-refractivity contribution in [3.63, 3.8) is 0 Å². The first-order valence-electron chi connectivity index (χ1n) is 9.44. The van der Waals surface area contributed by atoms with E-state index in [1.54, 1.807) is 4.57 Å². The number of nitro groups is 1. The van der Waals surface area contributed by atoms with Crippen LogP contribution in [0.25, 0.3) is 11.3 Å². The third-order valence-corrected chi connectivity index (χ3v) is 5.41. The Morgan fingerprint density at radius 3 is 2.71 bits per heavy atom. The highest BCUT2D eigenvalue weighted by molar-refractivity contribution is 7.59. The molecule has 9 nitrogen and oxygen atoms in total. The molecule has 31 heavy (non-hydrogen) atoms. The van der Waals surface area contributed by atoms with Crippen molar-refractivity contribution >= 4 is 19.3 Å². The van der Waals surface area contributed by atoms with E-state index < -0.39 is 22.2 Å². The van der Waals surface area contributed by atoms with Crippen molar-refractivity contribution in [2.45, 2.75) is 32.2 Å². The Morgan fingerprint density at radius 1 is 1.19 bits per heavy atom. The van der Waals surface area contributed by atoms with Crippen LogP contribution in [-0.2, 0) is 19.6 Å². The van der Waals surface area contributed by atoms with Crippen LogP contribution in [0.4, 0.5) is 14.6 Å². The fraction of sp³-hybridized carbons (Fsp3) is 0.368. The van der Waals surface area contributed by atoms with Gasteiger partial charge in [0, 0.05) is 36.4 Å². The molecule has 0 saturated heterocycles. The lowest BCUT2D eigenvalue weighted by Gasteiger charge is -2.33. The number of hydrogen-bond acceptors (Lipinski definition) is 6. The van der Waals surface area contributed by atoms with Crippen LogP contribution >= 0.6 is 13.5 Å². The quantitative estimate of drug-likeness (QED) is 0.448. The summed E-state index contributed by atoms with van der Waals surface area (Å²) in [5.74, 6) is -1.18. The summed E-state index contributed by atoms with van der Waals surface area (Å²) in [6.07, 6.45) is 3.24. The maximum atomic E-state index is 13.6. The van der Waals surface area contributed by atoms with Crippen molar-refractivity contribution in [2.75, 3.05) is 13.1 Å². The topological polar surface area (TPSA) is 91.2 Å². The van der Waals surface area contributed by atoms with Gasteiger partial charge in [-0.05, 0) is 30.0 Å². The Labute approximate surface area is 182 Å². The zero-order chi connectivity index (χ0) is 21.0. The van der Waals surface area contributed by atoms with Gasteiger partial charge in [-0.2, -0.15) is 13.5 Å². The standard InChI is InChI=1S/C19H18F2N6O3.H2S/c1-19(11-26-9-17(27(28)29)23-18(26)30-19)10-24-4-5-25-7-15(22-16(25)8-24)12-2-3-13(20)14(21)6-12;/h2-3,6-7,9H,4-5,8,10-11H2,1H3;1H2/t19-;/m0./s1. The Balaban J connectivity index is 0.00000231. The van der Waals surface area contributed by atoms with Crippen LogP contribution in [-0.4, -0.2) is 47.6 Å². The van der Waals surface area contributed by atoms with Crippen LogP contribution in [0.1, 0.15) is 12.7 Å². The van der Waals surface area contributed by atoms with Crippen LogP contribution in [0.2, 0.25) is 0 Å². The molecule has 1 atom stereocenters. The second kappa shape index (κ2) is 7.61. The highest BCUT2D eigenvalue weighted by Crippen LogP contribution is 2.32. The number of hydrogen-bond donors (Lipinski definition) is 0. The molecule has 0 N–H and O–H groups in total. The molecule has 2 aliphatic rings. The number of ether oxygens (including phenoxy) is 1. The fourth-order valence-corrected chi connectivity index (χ4v) is 4.07. The fourth-order valence-electron chi connectivity index (χ4n) is 4.07. The number of benzene rings is 1. The molecule has 0 spiro atoms. The molecule has 2 aliphatic heterocycles. The molecule has 5 rings (SSSR count). The van der Waals surface area contributed by atoms with Gasteiger partial charge < -0.3 is 19.4 Å². The van der Waals surface area contributed by atoms with Gasteiger partial charge in [-0.1, -0.05) is 0 Å². The Hall–Kier alpha value is -2.99. The molecule has 0 radical (unpaired) electrons. The van der Waals surface area contributed by atoms with Gasteiger partial charge in [0.2, 0.25) is 0 Å². The van der Waals surface area contributed by atoms with E-state index in [1.165, 1.54) is 12.3 Å². The Morgan fingerprint density at radius 2 is 2.00 bits per heavy atom. The summed E-state index contributed by atoms with van der Waals surface area (Å²) in [6.45, 7) is 5.05. The molecule has 0 fully saturated rings. The zero-order valence-electron chi connectivity index (χ0n) is 16.6. The van der Waals surface area contributed by atoms with Crippen molar-refractivity contribution in [1.29, 1.82) is 0 Å². The normalized spacial score (nSPS) is 20.0. The predicted molar refractivity (Wildman–Crippen MR) is 111 cm³/mol. The lowest BCUT2D eigenvalue weighted by molar-refractivity contribution is -0.389. The van der Waals surface area contributed by atoms with Crippen LogP contribution in [0.3, 0.4) is 0 Å². The molecule has 0 saturated carbocycles. The number of fused-ring (bicyclic) bond motifs is 2. The Bertz CT molecular complexity index is 1140. The largest absolute Gasteiger partial charge is 0.436 e. The van der Waals surface area contributed by atoms with E-state index in [0.29, 0.717) is 37.4 Å². The van der Waals surface area contributed by atoms with Crippen molar-refractivity contribution in [3.8, 4) is 17.3 Å². The van der Waals surface area contributed by atoms with Gasteiger partial charge in [0.25, 0.3) is 0 Å². The van der Waals surface area contributed by atoms with Gasteiger partial charge in [-0.25, -0.2) is 13.8 Å². The van der Waals surface area contributed by atoms with E-state index in [-0.39, 0.29) is 25.3 Å². The number of imidazole rings is 2. The minimum absolute atomic E-state index is 0. The van der Waals surface area contributed by atoms with Crippen LogP contribution in [0.5, 0.6) is 6.01 Å². The molecule has 0 bridgehead atoms. The third kappa shape index (κ3) is 3.88. The smallest absolute Gasteiger partial charge is 0.415 e. The number of rotatable bonds is 4. The zero-order valence-corrected chi connectivity index (χ0v) is 17.6. The molecular weight excluding hydrogens is 430 g/mol. The van der Waals surface area contributed by atoms with Gasteiger partial charge in [0.1, 0.15) is 17.6 Å². The average molecular weight is 450 g/mol. The van der Waals surface area contributed by atoms with Gasteiger partial charge in [-0.3, -0.25) is 9.47 Å². The van der Waals surface area contributed by atoms with Crippen molar-refractivity contribution < 1.29 is 18.4 Å². The first-order valence-corrected chi connectivity index (χ1v) is 9.44.